The second kappa shape index (κ2) is 11.8. The molecule has 8 heteroatoms. The van der Waals surface area contributed by atoms with Crippen LogP contribution in [0.4, 0.5) is 0 Å². The molecule has 0 aliphatic heterocycles. The molecule has 160 valence electrons. The minimum Gasteiger partial charge on any atom is -0.258 e. The molecular weight excluding hydrogens is 396 g/mol. The number of fused-ring (bicyclic) bond motifs is 1. The lowest BCUT2D eigenvalue weighted by Gasteiger charge is -2.05. The minimum absolute atomic E-state index is 0.201. The summed E-state index contributed by atoms with van der Waals surface area (Å²) in [4.78, 5) is 0. The summed E-state index contributed by atoms with van der Waals surface area (Å²) in [6, 6.07) is 0. The van der Waals surface area contributed by atoms with E-state index < -0.39 is 9.84 Å². The molecule has 0 bridgehead atoms. The van der Waals surface area contributed by atoms with Crippen molar-refractivity contribution in [2.24, 2.45) is 0 Å². The van der Waals surface area contributed by atoms with Crippen molar-refractivity contribution in [2.75, 3.05) is 11.5 Å². The zero-order chi connectivity index (χ0) is 20.4. The van der Waals surface area contributed by atoms with Gasteiger partial charge in [-0.3, -0.25) is 5.10 Å². The number of aryl methyl sites for hydroxylation is 2. The zero-order valence-corrected chi connectivity index (χ0v) is 18.9. The fourth-order valence-corrected chi connectivity index (χ4v) is 5.07. The molecule has 0 radical (unpaired) electrons. The van der Waals surface area contributed by atoms with Crippen molar-refractivity contribution < 1.29 is 8.42 Å². The second-order valence-corrected chi connectivity index (χ2v) is 10.4. The first-order valence-corrected chi connectivity index (χ1v) is 12.9. The molecular formula is C20H35ClN4O2S. The van der Waals surface area contributed by atoms with Gasteiger partial charge in [0.1, 0.15) is 14.9 Å². The molecule has 2 rings (SSSR count). The number of nitrogens with zero attached hydrogens (tertiary/aromatic N) is 3. The van der Waals surface area contributed by atoms with Crippen molar-refractivity contribution in [3.05, 3.63) is 16.5 Å². The summed E-state index contributed by atoms with van der Waals surface area (Å²) in [6.45, 7) is 4.07. The number of halogens is 1. The largest absolute Gasteiger partial charge is 0.258 e. The molecule has 6 nitrogen and oxygen atoms in total. The van der Waals surface area contributed by atoms with Crippen LogP contribution in [-0.4, -0.2) is 39.7 Å². The Morgan fingerprint density at radius 1 is 0.929 bits per heavy atom. The molecule has 0 aromatic carbocycles. The fourth-order valence-electron chi connectivity index (χ4n) is 3.48. The van der Waals surface area contributed by atoms with Crippen molar-refractivity contribution in [2.45, 2.75) is 90.9 Å². The number of sulfone groups is 1. The van der Waals surface area contributed by atoms with Crippen LogP contribution >= 0.6 is 11.6 Å². The molecule has 0 saturated heterocycles. The van der Waals surface area contributed by atoms with Gasteiger partial charge in [0.05, 0.1) is 17.2 Å². The maximum absolute atomic E-state index is 12.2. The van der Waals surface area contributed by atoms with Gasteiger partial charge in [-0.25, -0.2) is 8.42 Å². The maximum atomic E-state index is 12.2. The summed E-state index contributed by atoms with van der Waals surface area (Å²) in [6.07, 6.45) is 13.2. The van der Waals surface area contributed by atoms with E-state index in [2.05, 4.69) is 22.2 Å². The number of unbranched alkanes of at least 4 members (excludes halogenated alkanes) is 9. The Bertz CT molecular complexity index is 814. The Morgan fingerprint density at radius 3 is 2.14 bits per heavy atom. The monoisotopic (exact) mass is 430 g/mol. The molecule has 0 unspecified atom stereocenters. The summed E-state index contributed by atoms with van der Waals surface area (Å²) >= 11 is 6.14. The van der Waals surface area contributed by atoms with Gasteiger partial charge in [-0.05, 0) is 19.8 Å². The molecule has 2 heterocycles. The van der Waals surface area contributed by atoms with E-state index >= 15 is 0 Å². The first kappa shape index (κ1) is 23.2. The average Bonchev–Trinajstić information content (AvgIpc) is 3.17. The molecule has 0 saturated carbocycles. The van der Waals surface area contributed by atoms with Crippen LogP contribution in [0.25, 0.3) is 5.65 Å². The number of nitrogens with one attached hydrogen (secondary N) is 1. The van der Waals surface area contributed by atoms with Gasteiger partial charge in [0.25, 0.3) is 0 Å². The van der Waals surface area contributed by atoms with Crippen LogP contribution < -0.4 is 0 Å². The Kier molecular flexibility index (Phi) is 9.79. The van der Waals surface area contributed by atoms with E-state index in [-0.39, 0.29) is 5.75 Å². The number of aromatic nitrogens is 4. The summed E-state index contributed by atoms with van der Waals surface area (Å²) in [5, 5.41) is 12.0. The highest BCUT2D eigenvalue weighted by Crippen LogP contribution is 2.20. The van der Waals surface area contributed by atoms with Crippen LogP contribution in [0.3, 0.4) is 0 Å². The van der Waals surface area contributed by atoms with Crippen LogP contribution in [0.2, 0.25) is 5.02 Å². The van der Waals surface area contributed by atoms with E-state index in [1.807, 2.05) is 6.92 Å². The number of H-pyrrole nitrogens is 1. The van der Waals surface area contributed by atoms with Gasteiger partial charge in [-0.1, -0.05) is 76.3 Å². The van der Waals surface area contributed by atoms with Gasteiger partial charge in [0.2, 0.25) is 0 Å². The molecule has 0 amide bonds. The number of rotatable bonds is 15. The van der Waals surface area contributed by atoms with Crippen molar-refractivity contribution >= 4 is 27.1 Å². The summed E-state index contributed by atoms with van der Waals surface area (Å²) in [5.41, 5.74) is 1.41. The molecule has 2 aromatic heterocycles. The maximum Gasteiger partial charge on any atom is 0.170 e. The third kappa shape index (κ3) is 7.39. The van der Waals surface area contributed by atoms with Crippen LogP contribution in [0.1, 0.15) is 89.1 Å². The molecule has 2 aromatic rings. The lowest BCUT2D eigenvalue weighted by Crippen LogP contribution is -2.12. The number of hydrogen-bond acceptors (Lipinski definition) is 4. The van der Waals surface area contributed by atoms with Crippen molar-refractivity contribution in [3.63, 3.8) is 0 Å². The first-order valence-electron chi connectivity index (χ1n) is 10.7. The molecule has 0 atom stereocenters. The Balaban J connectivity index is 1.57. The van der Waals surface area contributed by atoms with Gasteiger partial charge in [0, 0.05) is 6.42 Å². The van der Waals surface area contributed by atoms with Gasteiger partial charge >= 0.3 is 0 Å². The van der Waals surface area contributed by atoms with Gasteiger partial charge < -0.3 is 0 Å². The highest BCUT2D eigenvalue weighted by atomic mass is 35.5. The van der Waals surface area contributed by atoms with Gasteiger partial charge in [-0.15, -0.1) is 0 Å². The minimum atomic E-state index is -2.99. The Morgan fingerprint density at radius 2 is 1.50 bits per heavy atom. The Hall–Kier alpha value is -1.08. The van der Waals surface area contributed by atoms with Crippen molar-refractivity contribution in [1.29, 1.82) is 0 Å². The lowest BCUT2D eigenvalue weighted by atomic mass is 10.1. The summed E-state index contributed by atoms with van der Waals surface area (Å²) in [7, 11) is -2.99. The molecule has 0 spiro atoms. The molecule has 0 aliphatic rings. The van der Waals surface area contributed by atoms with E-state index in [1.54, 1.807) is 4.52 Å². The predicted octanol–water partition coefficient (Wildman–Crippen LogP) is 5.29. The highest BCUT2D eigenvalue weighted by Gasteiger charge is 2.15. The van der Waals surface area contributed by atoms with Crippen LogP contribution in [0.5, 0.6) is 0 Å². The number of aromatic amines is 1. The lowest BCUT2D eigenvalue weighted by molar-refractivity contribution is 0.557. The summed E-state index contributed by atoms with van der Waals surface area (Å²) < 4.78 is 26.2. The normalized spacial score (nSPS) is 12.2. The zero-order valence-electron chi connectivity index (χ0n) is 17.3. The van der Waals surface area contributed by atoms with Crippen LogP contribution in [0, 0.1) is 6.92 Å². The SMILES string of the molecule is CCCCCCCCCCCCS(=O)(=O)CCCc1n[nH]c2c(Cl)c(C)nn12. The van der Waals surface area contributed by atoms with E-state index in [1.165, 1.54) is 44.9 Å². The quantitative estimate of drug-likeness (QED) is 0.389. The van der Waals surface area contributed by atoms with E-state index in [9.17, 15) is 8.42 Å². The van der Waals surface area contributed by atoms with Gasteiger partial charge in [-0.2, -0.15) is 14.7 Å². The predicted molar refractivity (Wildman–Crippen MR) is 116 cm³/mol. The van der Waals surface area contributed by atoms with Crippen molar-refractivity contribution in [3.8, 4) is 0 Å². The topological polar surface area (TPSA) is 80.1 Å². The molecule has 1 N–H and O–H groups in total. The number of hydrogen-bond donors (Lipinski definition) is 1. The van der Waals surface area contributed by atoms with E-state index in [0.717, 1.165) is 30.8 Å². The van der Waals surface area contributed by atoms with Gasteiger partial charge in [0.15, 0.2) is 11.5 Å². The molecule has 0 aliphatic carbocycles. The van der Waals surface area contributed by atoms with Crippen molar-refractivity contribution in [1.82, 2.24) is 19.8 Å². The molecule has 28 heavy (non-hydrogen) atoms. The third-order valence-electron chi connectivity index (χ3n) is 5.19. The smallest absolute Gasteiger partial charge is 0.170 e. The van der Waals surface area contributed by atoms with E-state index in [0.29, 0.717) is 29.3 Å². The third-order valence-corrected chi connectivity index (χ3v) is 7.46. The first-order chi connectivity index (χ1) is 13.4. The second-order valence-electron chi connectivity index (χ2n) is 7.74. The summed E-state index contributed by atoms with van der Waals surface area (Å²) in [5.74, 6) is 1.22. The average molecular weight is 431 g/mol. The van der Waals surface area contributed by atoms with Crippen LogP contribution in [-0.2, 0) is 16.3 Å². The molecule has 0 fully saturated rings. The van der Waals surface area contributed by atoms with Crippen LogP contribution in [0.15, 0.2) is 0 Å². The van der Waals surface area contributed by atoms with E-state index in [4.69, 9.17) is 11.6 Å². The Labute approximate surface area is 174 Å². The fraction of sp³-hybridized carbons (Fsp3) is 0.800. The highest BCUT2D eigenvalue weighted by molar-refractivity contribution is 7.91. The standard InChI is InChI=1S/C20H35ClN4O2S/c1-3-4-5-6-7-8-9-10-11-12-15-28(26,27)16-13-14-18-22-23-20-19(21)17(2)24-25(18)20/h23H,3-16H2,1-2H3.